The highest BCUT2D eigenvalue weighted by Crippen LogP contribution is 2.22. The highest BCUT2D eigenvalue weighted by Gasteiger charge is 2.20. The fourth-order valence-electron chi connectivity index (χ4n) is 2.00. The van der Waals surface area contributed by atoms with Crippen LogP contribution in [0.25, 0.3) is 0 Å². The van der Waals surface area contributed by atoms with E-state index >= 15 is 0 Å². The number of nitrogens with one attached hydrogen (secondary N) is 2. The zero-order valence-electron chi connectivity index (χ0n) is 8.92. The van der Waals surface area contributed by atoms with E-state index < -0.39 is 0 Å². The lowest BCUT2D eigenvalue weighted by molar-refractivity contribution is 0.296. The maximum Gasteiger partial charge on any atom is 0.0701 e. The van der Waals surface area contributed by atoms with E-state index in [4.69, 9.17) is 0 Å². The molecule has 2 N–H and O–H groups in total. The van der Waals surface area contributed by atoms with Crippen LogP contribution in [-0.4, -0.2) is 19.1 Å². The molecule has 0 spiro atoms. The minimum Gasteiger partial charge on any atom is -0.316 e. The molecule has 2 nitrogen and oxygen atoms in total. The monoisotopic (exact) mass is 288 g/mol. The van der Waals surface area contributed by atoms with E-state index in [1.165, 1.54) is 15.1 Å². The maximum atomic E-state index is 3.65. The lowest BCUT2D eigenvalue weighted by Gasteiger charge is -2.30. The molecule has 1 aromatic rings. The molecule has 1 saturated heterocycles. The third kappa shape index (κ3) is 3.28. The third-order valence-electron chi connectivity index (χ3n) is 2.95. The molecule has 2 unspecified atom stereocenters. The summed E-state index contributed by atoms with van der Waals surface area (Å²) in [5, 5.41) is 7.07. The highest BCUT2D eigenvalue weighted by molar-refractivity contribution is 9.11. The summed E-state index contributed by atoms with van der Waals surface area (Å²) >= 11 is 5.31. The Labute approximate surface area is 104 Å². The van der Waals surface area contributed by atoms with Gasteiger partial charge in [-0.1, -0.05) is 6.92 Å². The van der Waals surface area contributed by atoms with Gasteiger partial charge in [0, 0.05) is 17.5 Å². The summed E-state index contributed by atoms with van der Waals surface area (Å²) in [6, 6.07) is 4.98. The van der Waals surface area contributed by atoms with Gasteiger partial charge in [0.2, 0.25) is 0 Å². The predicted octanol–water partition coefficient (Wildman–Crippen LogP) is 2.60. The number of hydrogen-bond acceptors (Lipinski definition) is 3. The summed E-state index contributed by atoms with van der Waals surface area (Å²) in [6.07, 6.45) is 1.24. The van der Waals surface area contributed by atoms with Gasteiger partial charge in [-0.3, -0.25) is 0 Å². The van der Waals surface area contributed by atoms with Crippen molar-refractivity contribution in [3.05, 3.63) is 20.8 Å². The molecular formula is C11H17BrN2S. The normalized spacial score (nSPS) is 26.8. The quantitative estimate of drug-likeness (QED) is 0.894. The van der Waals surface area contributed by atoms with Crippen molar-refractivity contribution >= 4 is 27.3 Å². The van der Waals surface area contributed by atoms with Crippen LogP contribution >= 0.6 is 27.3 Å². The smallest absolute Gasteiger partial charge is 0.0701 e. The first-order chi connectivity index (χ1) is 7.25. The lowest BCUT2D eigenvalue weighted by atomic mass is 9.95. The van der Waals surface area contributed by atoms with Gasteiger partial charge in [-0.25, -0.2) is 0 Å². The molecule has 1 aliphatic heterocycles. The van der Waals surface area contributed by atoms with Crippen molar-refractivity contribution in [1.29, 1.82) is 0 Å². The summed E-state index contributed by atoms with van der Waals surface area (Å²) in [5.41, 5.74) is 0. The van der Waals surface area contributed by atoms with Gasteiger partial charge in [-0.15, -0.1) is 11.3 Å². The van der Waals surface area contributed by atoms with Crippen LogP contribution in [0.4, 0.5) is 0 Å². The Morgan fingerprint density at radius 1 is 1.60 bits per heavy atom. The molecule has 0 aliphatic carbocycles. The van der Waals surface area contributed by atoms with E-state index in [-0.39, 0.29) is 0 Å². The number of halogens is 1. The molecule has 1 fully saturated rings. The molecule has 1 aliphatic rings. The van der Waals surface area contributed by atoms with Gasteiger partial charge in [0.25, 0.3) is 0 Å². The summed E-state index contributed by atoms with van der Waals surface area (Å²) in [5.74, 6) is 0.738. The first kappa shape index (κ1) is 11.6. The molecule has 0 saturated carbocycles. The average molecular weight is 289 g/mol. The van der Waals surface area contributed by atoms with E-state index in [2.05, 4.69) is 45.6 Å². The second kappa shape index (κ2) is 5.43. The van der Waals surface area contributed by atoms with Crippen LogP contribution in [-0.2, 0) is 6.54 Å². The molecule has 1 aromatic heterocycles. The van der Waals surface area contributed by atoms with Crippen LogP contribution in [0.1, 0.15) is 18.2 Å². The van der Waals surface area contributed by atoms with Crippen molar-refractivity contribution in [2.75, 3.05) is 13.1 Å². The number of thiophene rings is 1. The Balaban J connectivity index is 1.81. The number of piperidine rings is 1. The van der Waals surface area contributed by atoms with Crippen LogP contribution in [0.3, 0.4) is 0 Å². The standard InChI is InChI=1S/C11H17BrN2S/c1-8-6-13-5-4-10(8)14-7-9-2-3-11(12)15-9/h2-3,8,10,13-14H,4-7H2,1H3. The Hall–Kier alpha value is 0.1000. The van der Waals surface area contributed by atoms with Crippen molar-refractivity contribution in [3.63, 3.8) is 0 Å². The minimum atomic E-state index is 0.673. The molecule has 4 heteroatoms. The zero-order chi connectivity index (χ0) is 10.7. The van der Waals surface area contributed by atoms with Crippen LogP contribution < -0.4 is 10.6 Å². The Morgan fingerprint density at radius 3 is 3.13 bits per heavy atom. The van der Waals surface area contributed by atoms with E-state index in [0.29, 0.717) is 6.04 Å². The largest absolute Gasteiger partial charge is 0.316 e. The van der Waals surface area contributed by atoms with E-state index in [9.17, 15) is 0 Å². The first-order valence-electron chi connectivity index (χ1n) is 5.44. The number of hydrogen-bond donors (Lipinski definition) is 2. The van der Waals surface area contributed by atoms with Gasteiger partial charge in [-0.05, 0) is 53.5 Å². The second-order valence-electron chi connectivity index (χ2n) is 4.16. The number of rotatable bonds is 3. The molecule has 84 valence electrons. The van der Waals surface area contributed by atoms with Gasteiger partial charge in [0.1, 0.15) is 0 Å². The van der Waals surface area contributed by atoms with Crippen molar-refractivity contribution in [2.45, 2.75) is 25.9 Å². The average Bonchev–Trinajstić information content (AvgIpc) is 2.63. The maximum absolute atomic E-state index is 3.65. The van der Waals surface area contributed by atoms with Gasteiger partial charge in [0.05, 0.1) is 3.79 Å². The molecule has 2 heterocycles. The third-order valence-corrected chi connectivity index (χ3v) is 4.58. The minimum absolute atomic E-state index is 0.673. The summed E-state index contributed by atoms with van der Waals surface area (Å²) in [4.78, 5) is 1.41. The molecular weight excluding hydrogens is 272 g/mol. The molecule has 0 radical (unpaired) electrons. The fraction of sp³-hybridized carbons (Fsp3) is 0.636. The van der Waals surface area contributed by atoms with Gasteiger partial charge >= 0.3 is 0 Å². The van der Waals surface area contributed by atoms with Crippen molar-refractivity contribution in [3.8, 4) is 0 Å². The van der Waals surface area contributed by atoms with Crippen molar-refractivity contribution < 1.29 is 0 Å². The zero-order valence-corrected chi connectivity index (χ0v) is 11.3. The van der Waals surface area contributed by atoms with E-state index in [0.717, 1.165) is 25.6 Å². The van der Waals surface area contributed by atoms with Gasteiger partial charge in [0.15, 0.2) is 0 Å². The summed E-state index contributed by atoms with van der Waals surface area (Å²) in [6.45, 7) is 5.61. The van der Waals surface area contributed by atoms with Crippen LogP contribution in [0, 0.1) is 5.92 Å². The van der Waals surface area contributed by atoms with Crippen LogP contribution in [0.15, 0.2) is 15.9 Å². The Kier molecular flexibility index (Phi) is 4.20. The second-order valence-corrected chi connectivity index (χ2v) is 6.71. The SMILES string of the molecule is CC1CNCCC1NCc1ccc(Br)s1. The molecule has 15 heavy (non-hydrogen) atoms. The Bertz CT molecular complexity index is 313. The van der Waals surface area contributed by atoms with Crippen LogP contribution in [0.2, 0.25) is 0 Å². The van der Waals surface area contributed by atoms with Crippen LogP contribution in [0.5, 0.6) is 0 Å². The summed E-state index contributed by atoms with van der Waals surface area (Å²) < 4.78 is 1.22. The summed E-state index contributed by atoms with van der Waals surface area (Å²) in [7, 11) is 0. The highest BCUT2D eigenvalue weighted by atomic mass is 79.9. The van der Waals surface area contributed by atoms with Gasteiger partial charge in [-0.2, -0.15) is 0 Å². The molecule has 0 aromatic carbocycles. The first-order valence-corrected chi connectivity index (χ1v) is 7.05. The molecule has 2 rings (SSSR count). The Morgan fingerprint density at radius 2 is 2.47 bits per heavy atom. The van der Waals surface area contributed by atoms with Gasteiger partial charge < -0.3 is 10.6 Å². The van der Waals surface area contributed by atoms with Crippen molar-refractivity contribution in [2.24, 2.45) is 5.92 Å². The molecule has 0 amide bonds. The molecule has 2 atom stereocenters. The van der Waals surface area contributed by atoms with Crippen molar-refractivity contribution in [1.82, 2.24) is 10.6 Å². The topological polar surface area (TPSA) is 24.1 Å². The van der Waals surface area contributed by atoms with E-state index in [1.54, 1.807) is 0 Å². The van der Waals surface area contributed by atoms with E-state index in [1.807, 2.05) is 11.3 Å². The predicted molar refractivity (Wildman–Crippen MR) is 69.3 cm³/mol. The lowest BCUT2D eigenvalue weighted by Crippen LogP contribution is -2.45. The fourth-order valence-corrected chi connectivity index (χ4v) is 3.43. The molecule has 0 bridgehead atoms.